The Kier molecular flexibility index (Phi) is 3.68. The van der Waals surface area contributed by atoms with Crippen LogP contribution in [-0.2, 0) is 0 Å². The summed E-state index contributed by atoms with van der Waals surface area (Å²) in [6, 6.07) is 3.14. The molecular weight excluding hydrogens is 273 g/mol. The number of benzene rings is 1. The van der Waals surface area contributed by atoms with Crippen molar-refractivity contribution in [1.82, 2.24) is 4.98 Å². The van der Waals surface area contributed by atoms with E-state index in [-0.39, 0.29) is 6.04 Å². The SMILES string of the molecule is Cc1cnc(C(C)Nc2c(Cl)cc(N)cc2Cl)o1. The number of nitrogen functional groups attached to an aromatic ring is 1. The summed E-state index contributed by atoms with van der Waals surface area (Å²) >= 11 is 12.2. The zero-order valence-electron chi connectivity index (χ0n) is 10.00. The molecule has 1 aromatic carbocycles. The number of nitrogens with one attached hydrogen (secondary N) is 1. The normalized spacial score (nSPS) is 12.4. The van der Waals surface area contributed by atoms with Crippen LogP contribution in [0.2, 0.25) is 10.0 Å². The molecule has 0 amide bonds. The van der Waals surface area contributed by atoms with Crippen LogP contribution < -0.4 is 11.1 Å². The average molecular weight is 286 g/mol. The van der Waals surface area contributed by atoms with Gasteiger partial charge in [-0.25, -0.2) is 4.98 Å². The molecule has 0 spiro atoms. The van der Waals surface area contributed by atoms with E-state index < -0.39 is 0 Å². The molecule has 1 aromatic heterocycles. The van der Waals surface area contributed by atoms with Crippen molar-refractivity contribution in [3.05, 3.63) is 40.0 Å². The molecule has 18 heavy (non-hydrogen) atoms. The molecule has 1 atom stereocenters. The second-order valence-electron chi connectivity index (χ2n) is 4.03. The lowest BCUT2D eigenvalue weighted by molar-refractivity contribution is 0.454. The van der Waals surface area contributed by atoms with E-state index in [0.29, 0.717) is 27.3 Å². The first-order valence-electron chi connectivity index (χ1n) is 5.40. The molecule has 0 saturated carbocycles. The van der Waals surface area contributed by atoms with E-state index in [1.54, 1.807) is 18.3 Å². The molecule has 0 fully saturated rings. The Bertz CT molecular complexity index is 545. The van der Waals surface area contributed by atoms with E-state index >= 15 is 0 Å². The Balaban J connectivity index is 2.24. The van der Waals surface area contributed by atoms with Crippen LogP contribution in [0.1, 0.15) is 24.6 Å². The fourth-order valence-electron chi connectivity index (χ4n) is 1.58. The van der Waals surface area contributed by atoms with Crippen LogP contribution in [0.15, 0.2) is 22.7 Å². The van der Waals surface area contributed by atoms with Gasteiger partial charge in [-0.15, -0.1) is 0 Å². The van der Waals surface area contributed by atoms with Gasteiger partial charge in [0.15, 0.2) is 0 Å². The van der Waals surface area contributed by atoms with Crippen molar-refractivity contribution in [3.8, 4) is 0 Å². The molecule has 4 nitrogen and oxygen atoms in total. The fraction of sp³-hybridized carbons (Fsp3) is 0.250. The summed E-state index contributed by atoms with van der Waals surface area (Å²) in [5.74, 6) is 1.34. The van der Waals surface area contributed by atoms with Crippen molar-refractivity contribution in [3.63, 3.8) is 0 Å². The molecule has 6 heteroatoms. The van der Waals surface area contributed by atoms with Crippen molar-refractivity contribution in [2.45, 2.75) is 19.9 Å². The van der Waals surface area contributed by atoms with Crippen LogP contribution in [0.25, 0.3) is 0 Å². The molecule has 96 valence electrons. The van der Waals surface area contributed by atoms with Crippen molar-refractivity contribution >= 4 is 34.6 Å². The summed E-state index contributed by atoms with van der Waals surface area (Å²) in [5.41, 5.74) is 6.79. The minimum Gasteiger partial charge on any atom is -0.444 e. The number of oxazole rings is 1. The third-order valence-electron chi connectivity index (χ3n) is 2.43. The highest BCUT2D eigenvalue weighted by molar-refractivity contribution is 6.39. The lowest BCUT2D eigenvalue weighted by Gasteiger charge is -2.15. The summed E-state index contributed by atoms with van der Waals surface area (Å²) in [4.78, 5) is 4.15. The minimum atomic E-state index is -0.141. The maximum Gasteiger partial charge on any atom is 0.216 e. The van der Waals surface area contributed by atoms with Crippen LogP contribution in [0.5, 0.6) is 0 Å². The number of halogens is 2. The van der Waals surface area contributed by atoms with E-state index in [1.165, 1.54) is 0 Å². The van der Waals surface area contributed by atoms with E-state index in [4.69, 9.17) is 33.4 Å². The molecule has 3 N–H and O–H groups in total. The average Bonchev–Trinajstić information content (AvgIpc) is 2.70. The van der Waals surface area contributed by atoms with Gasteiger partial charge in [-0.2, -0.15) is 0 Å². The molecule has 0 aliphatic carbocycles. The van der Waals surface area contributed by atoms with Gasteiger partial charge in [0.2, 0.25) is 5.89 Å². The van der Waals surface area contributed by atoms with Gasteiger partial charge in [0.05, 0.1) is 21.9 Å². The zero-order chi connectivity index (χ0) is 13.3. The van der Waals surface area contributed by atoms with E-state index in [2.05, 4.69) is 10.3 Å². The number of hydrogen-bond acceptors (Lipinski definition) is 4. The lowest BCUT2D eigenvalue weighted by atomic mass is 10.2. The standard InChI is InChI=1S/C12H13Cl2N3O/c1-6-5-16-12(18-6)7(2)17-11-9(13)3-8(15)4-10(11)14/h3-5,7,17H,15H2,1-2H3. The maximum absolute atomic E-state index is 6.09. The fourth-order valence-corrected chi connectivity index (χ4v) is 2.19. The number of nitrogens with zero attached hydrogens (tertiary/aromatic N) is 1. The third kappa shape index (κ3) is 2.71. The first-order valence-corrected chi connectivity index (χ1v) is 6.16. The first-order chi connectivity index (χ1) is 8.47. The van der Waals surface area contributed by atoms with Gasteiger partial charge in [-0.1, -0.05) is 23.2 Å². The van der Waals surface area contributed by atoms with Gasteiger partial charge in [-0.05, 0) is 26.0 Å². The van der Waals surface area contributed by atoms with Crippen molar-refractivity contribution in [1.29, 1.82) is 0 Å². The quantitative estimate of drug-likeness (QED) is 0.836. The summed E-state index contributed by atoms with van der Waals surface area (Å²) < 4.78 is 5.44. The van der Waals surface area contributed by atoms with Crippen molar-refractivity contribution < 1.29 is 4.42 Å². The Hall–Kier alpha value is -1.39. The predicted octanol–water partition coefficient (Wildman–Crippen LogP) is 4.05. The lowest BCUT2D eigenvalue weighted by Crippen LogP contribution is -2.08. The van der Waals surface area contributed by atoms with Crippen molar-refractivity contribution in [2.75, 3.05) is 11.1 Å². The van der Waals surface area contributed by atoms with E-state index in [1.807, 2.05) is 13.8 Å². The highest BCUT2D eigenvalue weighted by Crippen LogP contribution is 2.35. The van der Waals surface area contributed by atoms with Gasteiger partial charge in [0.25, 0.3) is 0 Å². The number of anilines is 2. The van der Waals surface area contributed by atoms with Crippen LogP contribution in [0, 0.1) is 6.92 Å². The maximum atomic E-state index is 6.09. The Morgan fingerprint density at radius 2 is 1.94 bits per heavy atom. The molecule has 0 aliphatic rings. The highest BCUT2D eigenvalue weighted by Gasteiger charge is 2.15. The van der Waals surface area contributed by atoms with E-state index in [9.17, 15) is 0 Å². The topological polar surface area (TPSA) is 64.1 Å². The summed E-state index contributed by atoms with van der Waals surface area (Å²) in [6.07, 6.45) is 1.67. The first kappa shape index (κ1) is 13.1. The van der Waals surface area contributed by atoms with Crippen LogP contribution >= 0.6 is 23.2 Å². The smallest absolute Gasteiger partial charge is 0.216 e. The molecule has 0 bridgehead atoms. The van der Waals surface area contributed by atoms with Gasteiger partial charge < -0.3 is 15.5 Å². The number of hydrogen-bond donors (Lipinski definition) is 2. The second kappa shape index (κ2) is 5.08. The number of nitrogens with two attached hydrogens (primary N) is 1. The Morgan fingerprint density at radius 3 is 2.44 bits per heavy atom. The van der Waals surface area contributed by atoms with Crippen LogP contribution in [0.3, 0.4) is 0 Å². The number of aromatic nitrogens is 1. The molecule has 0 radical (unpaired) electrons. The van der Waals surface area contributed by atoms with Crippen LogP contribution in [-0.4, -0.2) is 4.98 Å². The highest BCUT2D eigenvalue weighted by atomic mass is 35.5. The molecular formula is C12H13Cl2N3O. The summed E-state index contributed by atoms with van der Waals surface area (Å²) in [5, 5.41) is 4.10. The summed E-state index contributed by atoms with van der Waals surface area (Å²) in [6.45, 7) is 3.75. The number of rotatable bonds is 3. The Morgan fingerprint density at radius 1 is 1.33 bits per heavy atom. The minimum absolute atomic E-state index is 0.141. The largest absolute Gasteiger partial charge is 0.444 e. The van der Waals surface area contributed by atoms with Crippen molar-refractivity contribution in [2.24, 2.45) is 0 Å². The van der Waals surface area contributed by atoms with Gasteiger partial charge in [0.1, 0.15) is 11.8 Å². The van der Waals surface area contributed by atoms with Gasteiger partial charge in [0, 0.05) is 5.69 Å². The Labute approximate surface area is 115 Å². The van der Waals surface area contributed by atoms with Crippen LogP contribution in [0.4, 0.5) is 11.4 Å². The monoisotopic (exact) mass is 285 g/mol. The molecule has 1 unspecified atom stereocenters. The van der Waals surface area contributed by atoms with Gasteiger partial charge >= 0.3 is 0 Å². The number of aryl methyl sites for hydroxylation is 1. The molecule has 0 saturated heterocycles. The van der Waals surface area contributed by atoms with Gasteiger partial charge in [-0.3, -0.25) is 0 Å². The zero-order valence-corrected chi connectivity index (χ0v) is 11.5. The molecule has 2 aromatic rings. The molecule has 0 aliphatic heterocycles. The summed E-state index contributed by atoms with van der Waals surface area (Å²) in [7, 11) is 0. The molecule has 1 heterocycles. The predicted molar refractivity (Wildman–Crippen MR) is 74.2 cm³/mol. The molecule has 2 rings (SSSR count). The second-order valence-corrected chi connectivity index (χ2v) is 4.85. The third-order valence-corrected chi connectivity index (χ3v) is 3.03. The van der Waals surface area contributed by atoms with E-state index in [0.717, 1.165) is 5.76 Å².